The maximum Gasteiger partial charge on any atom is 0.164 e. The Morgan fingerprint density at radius 3 is 2.67 bits per heavy atom. The number of ether oxygens (including phenoxy) is 1. The molecule has 2 aromatic carbocycles. The van der Waals surface area contributed by atoms with Crippen LogP contribution in [0.15, 0.2) is 54.2 Å². The lowest BCUT2D eigenvalue weighted by Crippen LogP contribution is -2.14. The van der Waals surface area contributed by atoms with E-state index in [1.807, 2.05) is 0 Å². The van der Waals surface area contributed by atoms with Gasteiger partial charge in [0.1, 0.15) is 35.9 Å². The van der Waals surface area contributed by atoms with E-state index in [4.69, 9.17) is 21.0 Å². The van der Waals surface area contributed by atoms with E-state index in [-0.39, 0.29) is 24.9 Å². The van der Waals surface area contributed by atoms with Gasteiger partial charge in [-0.3, -0.25) is 5.41 Å². The fourth-order valence-corrected chi connectivity index (χ4v) is 2.78. The van der Waals surface area contributed by atoms with Crippen molar-refractivity contribution in [2.45, 2.75) is 13.0 Å². The maximum absolute atomic E-state index is 13.2. The van der Waals surface area contributed by atoms with Gasteiger partial charge < -0.3 is 26.0 Å². The SMILES string of the molecule is C/C(N)=C/C(=N)Nc1nc(C(O)c2ccc(F)cc2)nc2cc(OCCO)ccc12. The monoisotopic (exact) mass is 411 g/mol. The second-order valence-electron chi connectivity index (χ2n) is 6.56. The molecule has 3 aromatic rings. The highest BCUT2D eigenvalue weighted by Crippen LogP contribution is 2.28. The average molecular weight is 411 g/mol. The molecule has 0 saturated carbocycles. The molecule has 0 bridgehead atoms. The smallest absolute Gasteiger partial charge is 0.164 e. The summed E-state index contributed by atoms with van der Waals surface area (Å²) < 4.78 is 18.7. The van der Waals surface area contributed by atoms with Crippen molar-refractivity contribution in [1.82, 2.24) is 9.97 Å². The van der Waals surface area contributed by atoms with Gasteiger partial charge in [-0.15, -0.1) is 0 Å². The number of aromatic nitrogens is 2. The van der Waals surface area contributed by atoms with Crippen LogP contribution in [-0.2, 0) is 0 Å². The molecule has 0 spiro atoms. The van der Waals surface area contributed by atoms with Crippen LogP contribution in [0.5, 0.6) is 5.75 Å². The summed E-state index contributed by atoms with van der Waals surface area (Å²) in [6.07, 6.45) is 0.224. The quantitative estimate of drug-likeness (QED) is 0.297. The first-order chi connectivity index (χ1) is 14.4. The molecule has 1 unspecified atom stereocenters. The Bertz CT molecular complexity index is 1080. The van der Waals surface area contributed by atoms with Gasteiger partial charge >= 0.3 is 0 Å². The minimum atomic E-state index is -1.21. The molecule has 9 heteroatoms. The van der Waals surface area contributed by atoms with E-state index < -0.39 is 11.9 Å². The molecule has 0 radical (unpaired) electrons. The first kappa shape index (κ1) is 21.2. The summed E-state index contributed by atoms with van der Waals surface area (Å²) in [6, 6.07) is 10.4. The number of hydrogen-bond acceptors (Lipinski definition) is 7. The fraction of sp³-hybridized carbons (Fsp3) is 0.190. The van der Waals surface area contributed by atoms with Crippen molar-refractivity contribution in [2.24, 2.45) is 5.73 Å². The summed E-state index contributed by atoms with van der Waals surface area (Å²) in [7, 11) is 0. The molecule has 8 nitrogen and oxygen atoms in total. The summed E-state index contributed by atoms with van der Waals surface area (Å²) in [5, 5.41) is 31.2. The van der Waals surface area contributed by atoms with Crippen LogP contribution in [0.4, 0.5) is 10.2 Å². The summed E-state index contributed by atoms with van der Waals surface area (Å²) in [5.41, 5.74) is 6.95. The highest BCUT2D eigenvalue weighted by Gasteiger charge is 2.18. The number of benzene rings is 2. The van der Waals surface area contributed by atoms with Crippen LogP contribution in [0.3, 0.4) is 0 Å². The second kappa shape index (κ2) is 9.29. The number of aliphatic hydroxyl groups is 2. The lowest BCUT2D eigenvalue weighted by atomic mass is 10.1. The standard InChI is InChI=1S/C21H22FN5O3/c1-12(23)10-18(24)26-20-16-7-6-15(30-9-8-28)11-17(16)25-21(27-20)19(29)13-2-4-14(22)5-3-13/h2-7,10-11,19,28-29H,8-9,23H2,1H3,(H2,24,25,26,27)/b12-10-. The Kier molecular flexibility index (Phi) is 6.55. The molecule has 0 aliphatic heterocycles. The zero-order valence-electron chi connectivity index (χ0n) is 16.3. The van der Waals surface area contributed by atoms with Crippen LogP contribution in [0.1, 0.15) is 24.4 Å². The number of nitrogens with two attached hydrogens (primary N) is 1. The molecule has 3 rings (SSSR count). The zero-order valence-corrected chi connectivity index (χ0v) is 16.3. The molecule has 0 saturated heterocycles. The van der Waals surface area contributed by atoms with Crippen molar-refractivity contribution < 1.29 is 19.3 Å². The lowest BCUT2D eigenvalue weighted by Gasteiger charge is -2.15. The fourth-order valence-electron chi connectivity index (χ4n) is 2.78. The molecule has 1 heterocycles. The van der Waals surface area contributed by atoms with Gasteiger partial charge in [0.2, 0.25) is 0 Å². The number of amidine groups is 1. The van der Waals surface area contributed by atoms with Crippen molar-refractivity contribution in [2.75, 3.05) is 18.5 Å². The van der Waals surface area contributed by atoms with Crippen LogP contribution >= 0.6 is 0 Å². The molecule has 1 atom stereocenters. The molecule has 0 aliphatic carbocycles. The Balaban J connectivity index is 2.07. The Morgan fingerprint density at radius 2 is 2.00 bits per heavy atom. The third-order valence-electron chi connectivity index (χ3n) is 4.10. The number of nitrogens with zero attached hydrogens (tertiary/aromatic N) is 2. The second-order valence-corrected chi connectivity index (χ2v) is 6.56. The normalized spacial score (nSPS) is 12.6. The van der Waals surface area contributed by atoms with Gasteiger partial charge in [0.15, 0.2) is 5.82 Å². The van der Waals surface area contributed by atoms with Gasteiger partial charge in [-0.1, -0.05) is 12.1 Å². The molecule has 30 heavy (non-hydrogen) atoms. The first-order valence-corrected chi connectivity index (χ1v) is 9.15. The van der Waals surface area contributed by atoms with Crippen LogP contribution < -0.4 is 15.8 Å². The van der Waals surface area contributed by atoms with E-state index >= 15 is 0 Å². The molecular weight excluding hydrogens is 389 g/mol. The van der Waals surface area contributed by atoms with Crippen molar-refractivity contribution >= 4 is 22.6 Å². The third kappa shape index (κ3) is 5.07. The maximum atomic E-state index is 13.2. The molecule has 1 aromatic heterocycles. The number of halogens is 1. The Morgan fingerprint density at radius 1 is 1.27 bits per heavy atom. The highest BCUT2D eigenvalue weighted by molar-refractivity contribution is 6.06. The van der Waals surface area contributed by atoms with E-state index in [0.29, 0.717) is 33.7 Å². The molecule has 0 aliphatic rings. The van der Waals surface area contributed by atoms with Crippen molar-refractivity contribution in [3.8, 4) is 5.75 Å². The van der Waals surface area contributed by atoms with Crippen molar-refractivity contribution in [3.05, 3.63) is 71.4 Å². The number of rotatable bonds is 7. The molecule has 0 fully saturated rings. The Labute approximate surface area is 172 Å². The summed E-state index contributed by atoms with van der Waals surface area (Å²) >= 11 is 0. The summed E-state index contributed by atoms with van der Waals surface area (Å²) in [4.78, 5) is 8.80. The zero-order chi connectivity index (χ0) is 21.7. The average Bonchev–Trinajstić information content (AvgIpc) is 2.71. The Hall–Kier alpha value is -3.56. The van der Waals surface area contributed by atoms with E-state index in [0.717, 1.165) is 0 Å². The van der Waals surface area contributed by atoms with Crippen molar-refractivity contribution in [1.29, 1.82) is 5.41 Å². The minimum absolute atomic E-state index is 0.0119. The summed E-state index contributed by atoms with van der Waals surface area (Å²) in [6.45, 7) is 1.64. The number of allylic oxidation sites excluding steroid dienone is 1. The van der Waals surface area contributed by atoms with E-state index in [2.05, 4.69) is 15.3 Å². The van der Waals surface area contributed by atoms with E-state index in [1.165, 1.54) is 30.3 Å². The molecule has 156 valence electrons. The van der Waals surface area contributed by atoms with Gasteiger partial charge in [0.25, 0.3) is 0 Å². The minimum Gasteiger partial charge on any atom is -0.491 e. The highest BCUT2D eigenvalue weighted by atomic mass is 19.1. The van der Waals surface area contributed by atoms with Gasteiger partial charge in [-0.2, -0.15) is 0 Å². The summed E-state index contributed by atoms with van der Waals surface area (Å²) in [5.74, 6) is 0.439. The van der Waals surface area contributed by atoms with Crippen LogP contribution in [0, 0.1) is 11.2 Å². The van der Waals surface area contributed by atoms with Gasteiger partial charge in [0, 0.05) is 17.1 Å². The van der Waals surface area contributed by atoms with Gasteiger partial charge in [0.05, 0.1) is 12.1 Å². The van der Waals surface area contributed by atoms with Gasteiger partial charge in [-0.25, -0.2) is 14.4 Å². The topological polar surface area (TPSA) is 137 Å². The number of aliphatic hydroxyl groups excluding tert-OH is 2. The van der Waals surface area contributed by atoms with E-state index in [1.54, 1.807) is 25.1 Å². The molecule has 0 amide bonds. The van der Waals surface area contributed by atoms with Crippen LogP contribution in [0.25, 0.3) is 10.9 Å². The number of nitrogens with one attached hydrogen (secondary N) is 2. The van der Waals surface area contributed by atoms with Gasteiger partial charge in [-0.05, 0) is 42.8 Å². The lowest BCUT2D eigenvalue weighted by molar-refractivity contribution is 0.201. The number of hydrogen-bond donors (Lipinski definition) is 5. The number of fused-ring (bicyclic) bond motifs is 1. The predicted octanol–water partition coefficient (Wildman–Crippen LogP) is 2.47. The van der Waals surface area contributed by atoms with E-state index in [9.17, 15) is 9.50 Å². The largest absolute Gasteiger partial charge is 0.491 e. The molecule has 6 N–H and O–H groups in total. The van der Waals surface area contributed by atoms with Crippen LogP contribution in [0.2, 0.25) is 0 Å². The first-order valence-electron chi connectivity index (χ1n) is 9.15. The van der Waals surface area contributed by atoms with Crippen LogP contribution in [-0.4, -0.2) is 39.2 Å². The third-order valence-corrected chi connectivity index (χ3v) is 4.10. The molecular formula is C21H22FN5O3. The van der Waals surface area contributed by atoms with Crippen molar-refractivity contribution in [3.63, 3.8) is 0 Å². The number of anilines is 1. The predicted molar refractivity (Wildman–Crippen MR) is 112 cm³/mol.